The third-order valence-corrected chi connectivity index (χ3v) is 8.54. The van der Waals surface area contributed by atoms with Crippen LogP contribution < -0.4 is 10.1 Å². The van der Waals surface area contributed by atoms with Crippen LogP contribution in [0.1, 0.15) is 63.5 Å². The highest BCUT2D eigenvalue weighted by Gasteiger charge is 2.44. The van der Waals surface area contributed by atoms with Crippen LogP contribution in [0.4, 0.5) is 0 Å². The van der Waals surface area contributed by atoms with Gasteiger partial charge in [-0.25, -0.2) is 4.79 Å². The smallest absolute Gasteiger partial charge is 0.328 e. The first-order chi connectivity index (χ1) is 21.0. The van der Waals surface area contributed by atoms with Gasteiger partial charge in [0.1, 0.15) is 18.4 Å². The van der Waals surface area contributed by atoms with Gasteiger partial charge in [0.25, 0.3) is 0 Å². The lowest BCUT2D eigenvalue weighted by atomic mass is 9.85. The molecule has 0 aliphatic carbocycles. The second-order valence-electron chi connectivity index (χ2n) is 11.1. The van der Waals surface area contributed by atoms with Crippen LogP contribution in [0.3, 0.4) is 0 Å². The summed E-state index contributed by atoms with van der Waals surface area (Å²) in [7, 11) is 2.60. The molecule has 1 aliphatic rings. The molecule has 0 bridgehead atoms. The number of amides is 2. The molecule has 1 heterocycles. The summed E-state index contributed by atoms with van der Waals surface area (Å²) in [5, 5.41) is 3.83. The van der Waals surface area contributed by atoms with E-state index in [0.717, 1.165) is 11.1 Å². The van der Waals surface area contributed by atoms with E-state index >= 15 is 0 Å². The molecule has 11 heteroatoms. The predicted octanol–water partition coefficient (Wildman–Crippen LogP) is 5.83. The number of carbonyl (C=O) groups excluding carboxylic acids is 4. The molecule has 3 rings (SSSR count). The Kier molecular flexibility index (Phi) is 13.1. The second-order valence-corrected chi connectivity index (χ2v) is 11.9. The summed E-state index contributed by atoms with van der Waals surface area (Å²) in [5.74, 6) is -0.721. The van der Waals surface area contributed by atoms with Crippen molar-refractivity contribution in [3.05, 3.63) is 75.3 Å². The number of nitrogens with one attached hydrogen (secondary N) is 1. The molecule has 9 nitrogen and oxygen atoms in total. The Morgan fingerprint density at radius 1 is 1.00 bits per heavy atom. The highest BCUT2D eigenvalue weighted by molar-refractivity contribution is 6.35. The van der Waals surface area contributed by atoms with E-state index in [1.807, 2.05) is 19.9 Å². The van der Waals surface area contributed by atoms with Crippen molar-refractivity contribution in [1.29, 1.82) is 0 Å². The minimum atomic E-state index is -0.917. The molecule has 0 aromatic heterocycles. The molecule has 238 valence electrons. The quantitative estimate of drug-likeness (QED) is 0.191. The molecule has 1 fully saturated rings. The van der Waals surface area contributed by atoms with E-state index in [4.69, 9.17) is 37.4 Å². The summed E-state index contributed by atoms with van der Waals surface area (Å²) in [6.07, 6.45) is 3.96. The first-order valence-electron chi connectivity index (χ1n) is 14.5. The molecule has 2 aromatic rings. The van der Waals surface area contributed by atoms with E-state index in [1.165, 1.54) is 14.2 Å². The number of ether oxygens (including phenoxy) is 3. The largest absolute Gasteiger partial charge is 0.489 e. The van der Waals surface area contributed by atoms with Crippen LogP contribution in [0, 0.1) is 0 Å². The molecule has 0 saturated carbocycles. The fourth-order valence-electron chi connectivity index (χ4n) is 5.26. The average Bonchev–Trinajstić information content (AvgIpc) is 3.32. The molecule has 44 heavy (non-hydrogen) atoms. The Morgan fingerprint density at radius 3 is 2.27 bits per heavy atom. The van der Waals surface area contributed by atoms with E-state index in [1.54, 1.807) is 47.4 Å². The molecular weight excluding hydrogens is 607 g/mol. The van der Waals surface area contributed by atoms with Crippen molar-refractivity contribution in [3.63, 3.8) is 0 Å². The van der Waals surface area contributed by atoms with Crippen molar-refractivity contribution in [3.8, 4) is 5.75 Å². The highest BCUT2D eigenvalue weighted by atomic mass is 35.5. The summed E-state index contributed by atoms with van der Waals surface area (Å²) >= 11 is 12.4. The minimum absolute atomic E-state index is 0.0115. The lowest BCUT2D eigenvalue weighted by Crippen LogP contribution is -2.48. The van der Waals surface area contributed by atoms with Crippen LogP contribution in [0.25, 0.3) is 0 Å². The maximum Gasteiger partial charge on any atom is 0.328 e. The zero-order chi connectivity index (χ0) is 32.3. The van der Waals surface area contributed by atoms with Crippen molar-refractivity contribution in [2.45, 2.75) is 77.0 Å². The normalized spacial score (nSPS) is 16.7. The molecule has 1 unspecified atom stereocenters. The van der Waals surface area contributed by atoms with Crippen molar-refractivity contribution in [2.75, 3.05) is 20.8 Å². The molecule has 1 aliphatic heterocycles. The first kappa shape index (κ1) is 34.9. The molecule has 0 radical (unpaired) electrons. The molecule has 0 spiro atoms. The summed E-state index contributed by atoms with van der Waals surface area (Å²) in [6.45, 7) is 4.50. The van der Waals surface area contributed by atoms with Gasteiger partial charge in [-0.2, -0.15) is 0 Å². The Labute approximate surface area is 268 Å². The number of likely N-dealkylation sites (tertiary alicyclic amines) is 1. The molecule has 1 saturated heterocycles. The van der Waals surface area contributed by atoms with Crippen molar-refractivity contribution in [2.24, 2.45) is 0 Å². The lowest BCUT2D eigenvalue weighted by molar-refractivity contribution is -0.145. The Bertz CT molecular complexity index is 1340. The average molecular weight is 648 g/mol. The first-order valence-corrected chi connectivity index (χ1v) is 15.3. The van der Waals surface area contributed by atoms with Crippen LogP contribution in [-0.4, -0.2) is 61.0 Å². The fourth-order valence-corrected chi connectivity index (χ4v) is 5.76. The maximum absolute atomic E-state index is 13.2. The van der Waals surface area contributed by atoms with Crippen LogP contribution >= 0.6 is 23.2 Å². The van der Waals surface area contributed by atoms with Crippen LogP contribution in [0.5, 0.6) is 5.75 Å². The molecular formula is C33H40Cl2N2O7. The monoisotopic (exact) mass is 646 g/mol. The summed E-state index contributed by atoms with van der Waals surface area (Å²) in [4.78, 5) is 52.4. The number of methoxy groups -OCH3 is 2. The van der Waals surface area contributed by atoms with Gasteiger partial charge in [-0.15, -0.1) is 0 Å². The number of allylic oxidation sites excluding steroid dienone is 1. The number of esters is 2. The van der Waals surface area contributed by atoms with Crippen LogP contribution in [-0.2, 0) is 41.7 Å². The molecule has 2 amide bonds. The SMILES string of the molecule is COC(=O)CCC1(CCC(=O)N[C@@H](Cc2ccc(OCc3c(Cl)cccc3Cl)cc2)C(=O)OC)CCC(=O)N1CC=C(C)C. The number of nitrogens with zero attached hydrogens (tertiary/aromatic N) is 1. The Morgan fingerprint density at radius 2 is 1.66 bits per heavy atom. The summed E-state index contributed by atoms with van der Waals surface area (Å²) in [6, 6.07) is 11.5. The van der Waals surface area contributed by atoms with E-state index in [2.05, 4.69) is 5.32 Å². The van der Waals surface area contributed by atoms with Gasteiger partial charge in [-0.05, 0) is 62.9 Å². The van der Waals surface area contributed by atoms with Crippen molar-refractivity contribution in [1.82, 2.24) is 10.2 Å². The number of benzene rings is 2. The lowest BCUT2D eigenvalue weighted by Gasteiger charge is -2.38. The van der Waals surface area contributed by atoms with Crippen LogP contribution in [0.2, 0.25) is 10.0 Å². The van der Waals surface area contributed by atoms with Crippen molar-refractivity contribution >= 4 is 47.0 Å². The van der Waals surface area contributed by atoms with E-state index < -0.39 is 17.6 Å². The van der Waals surface area contributed by atoms with Gasteiger partial charge >= 0.3 is 11.9 Å². The van der Waals surface area contributed by atoms with Gasteiger partial charge < -0.3 is 24.4 Å². The third-order valence-electron chi connectivity index (χ3n) is 7.83. The number of rotatable bonds is 15. The molecule has 2 atom stereocenters. The fraction of sp³-hybridized carbons (Fsp3) is 0.455. The third kappa shape index (κ3) is 9.72. The second kappa shape index (κ2) is 16.5. The minimum Gasteiger partial charge on any atom is -0.489 e. The zero-order valence-corrected chi connectivity index (χ0v) is 27.1. The van der Waals surface area contributed by atoms with Gasteiger partial charge in [0.2, 0.25) is 11.8 Å². The molecule has 2 aromatic carbocycles. The summed E-state index contributed by atoms with van der Waals surface area (Å²) in [5.41, 5.74) is 1.87. The van der Waals surface area contributed by atoms with E-state index in [9.17, 15) is 19.2 Å². The van der Waals surface area contributed by atoms with Gasteiger partial charge in [-0.1, -0.05) is 53.1 Å². The molecule has 1 N–H and O–H groups in total. The topological polar surface area (TPSA) is 111 Å². The van der Waals surface area contributed by atoms with Gasteiger partial charge in [0.05, 0.1) is 14.2 Å². The predicted molar refractivity (Wildman–Crippen MR) is 168 cm³/mol. The van der Waals surface area contributed by atoms with Gasteiger partial charge in [0.15, 0.2) is 0 Å². The van der Waals surface area contributed by atoms with Crippen LogP contribution in [0.15, 0.2) is 54.1 Å². The van der Waals surface area contributed by atoms with Gasteiger partial charge in [0, 0.05) is 53.4 Å². The Hall–Kier alpha value is -3.56. The standard InChI is InChI=1S/C33H40Cl2N2O7/c1-22(2)15-19-37-30(39)13-17-33(37,18-14-31(40)42-3)16-12-29(38)36-28(32(41)43-4)20-23-8-10-24(11-9-23)44-21-25-26(34)6-5-7-27(25)35/h5-11,15,28H,12-14,16-21H2,1-4H3,(H,36,38)/t28-,33?/m0/s1. The number of carbonyl (C=O) groups is 4. The van der Waals surface area contributed by atoms with Gasteiger partial charge in [-0.3, -0.25) is 14.4 Å². The van der Waals surface area contributed by atoms with E-state index in [-0.39, 0.29) is 43.7 Å². The Balaban J connectivity index is 1.65. The summed E-state index contributed by atoms with van der Waals surface area (Å²) < 4.78 is 15.6. The number of halogens is 2. The highest BCUT2D eigenvalue weighted by Crippen LogP contribution is 2.38. The number of hydrogen-bond acceptors (Lipinski definition) is 7. The van der Waals surface area contributed by atoms with E-state index in [0.29, 0.717) is 53.6 Å². The number of hydrogen-bond donors (Lipinski definition) is 1. The van der Waals surface area contributed by atoms with Crippen molar-refractivity contribution < 1.29 is 33.4 Å². The zero-order valence-electron chi connectivity index (χ0n) is 25.6. The maximum atomic E-state index is 13.2.